The Morgan fingerprint density at radius 3 is 2.04 bits per heavy atom. The molecule has 2 unspecified atom stereocenters. The molecular formula is C49H51N7O11. The molecule has 5 atom stereocenters. The SMILES string of the molecule is O=C1CCC(N2C(=O)c3cccc(NCCOCCOCCOCCOCCNCc4ccnc5c(NC(=O)c6ccc(N7C(=O)[C@@H]8[C@@H]9C=CC(C9)[C@@H]8C7=O)cc6)cccc45)c3C2=O)C(=O)N1. The molecule has 9 rings (SSSR count). The molecule has 2 bridgehead atoms. The van der Waals surface area contributed by atoms with Crippen LogP contribution in [-0.4, -0.2) is 123 Å². The summed E-state index contributed by atoms with van der Waals surface area (Å²) < 4.78 is 22.5. The number of hydrogen-bond acceptors (Lipinski definition) is 14. The second kappa shape index (κ2) is 20.4. The van der Waals surface area contributed by atoms with Crippen LogP contribution in [0.3, 0.4) is 0 Å². The van der Waals surface area contributed by atoms with E-state index >= 15 is 0 Å². The lowest BCUT2D eigenvalue weighted by molar-refractivity contribution is -0.136. The number of imide groups is 3. The number of fused-ring (bicyclic) bond motifs is 7. The molecule has 4 aromatic rings. The van der Waals surface area contributed by atoms with Gasteiger partial charge in [0.25, 0.3) is 17.7 Å². The van der Waals surface area contributed by atoms with E-state index < -0.39 is 29.7 Å². The molecule has 18 heteroatoms. The van der Waals surface area contributed by atoms with Gasteiger partial charge >= 0.3 is 0 Å². The van der Waals surface area contributed by atoms with Gasteiger partial charge in [0, 0.05) is 48.9 Å². The maximum atomic E-state index is 13.3. The molecule has 3 aliphatic heterocycles. The van der Waals surface area contributed by atoms with Crippen molar-refractivity contribution in [2.24, 2.45) is 23.7 Å². The predicted octanol–water partition coefficient (Wildman–Crippen LogP) is 3.47. The summed E-state index contributed by atoms with van der Waals surface area (Å²) in [5.41, 5.74) is 3.98. The molecule has 1 aromatic heterocycles. The molecule has 2 aliphatic carbocycles. The van der Waals surface area contributed by atoms with Crippen LogP contribution in [-0.2, 0) is 44.7 Å². The maximum Gasteiger partial charge on any atom is 0.264 e. The lowest BCUT2D eigenvalue weighted by atomic mass is 9.85. The number of amides is 7. The minimum atomic E-state index is -1.03. The zero-order valence-electron chi connectivity index (χ0n) is 36.7. The molecule has 4 N–H and O–H groups in total. The average molecular weight is 914 g/mol. The third-order valence-corrected chi connectivity index (χ3v) is 12.9. The van der Waals surface area contributed by atoms with Crippen LogP contribution in [0.4, 0.5) is 17.1 Å². The third-order valence-electron chi connectivity index (χ3n) is 12.9. The van der Waals surface area contributed by atoms with Crippen LogP contribution in [0.25, 0.3) is 10.9 Å². The Labute approximate surface area is 385 Å². The fraction of sp³-hybridized carbons (Fsp3) is 0.388. The highest BCUT2D eigenvalue weighted by molar-refractivity contribution is 6.26. The summed E-state index contributed by atoms with van der Waals surface area (Å²) >= 11 is 0. The summed E-state index contributed by atoms with van der Waals surface area (Å²) in [6.07, 6.45) is 6.87. The molecule has 3 aromatic carbocycles. The standard InChI is InChI=1S/C49H51N7O11/c57-39-14-13-38(45(59)54-39)56-46(60)35-4-2-5-36(42(35)49(56)63)51-18-20-65-22-24-67-26-25-66-23-21-64-19-17-50-28-32-15-16-52-43-34(32)3-1-6-37(43)53-44(58)29-9-11-33(12-10-29)55-47(61)40-30-7-8-31(27-30)41(40)48(55)62/h1-12,15-16,30-31,38,40-41,50-51H,13-14,17-28H2,(H,53,58)(H,54,57,59)/t30-,31?,38?,40-,41+/m1/s1. The maximum absolute atomic E-state index is 13.3. The van der Waals surface area contributed by atoms with Crippen molar-refractivity contribution in [2.75, 3.05) is 81.5 Å². The average Bonchev–Trinajstić information content (AvgIpc) is 4.08. The second-order valence-electron chi connectivity index (χ2n) is 16.9. The minimum absolute atomic E-state index is 0.0550. The summed E-state index contributed by atoms with van der Waals surface area (Å²) in [6.45, 7) is 4.69. The topological polar surface area (TPSA) is 224 Å². The Morgan fingerprint density at radius 1 is 0.716 bits per heavy atom. The second-order valence-corrected chi connectivity index (χ2v) is 16.9. The Morgan fingerprint density at radius 2 is 1.36 bits per heavy atom. The molecule has 7 amide bonds. The van der Waals surface area contributed by atoms with Gasteiger partial charge in [-0.1, -0.05) is 30.4 Å². The lowest BCUT2D eigenvalue weighted by Gasteiger charge is -2.27. The van der Waals surface area contributed by atoms with Gasteiger partial charge in [-0.25, -0.2) is 0 Å². The molecule has 3 fully saturated rings. The number of pyridine rings is 1. The van der Waals surface area contributed by atoms with E-state index in [0.29, 0.717) is 101 Å². The smallest absolute Gasteiger partial charge is 0.264 e. The highest BCUT2D eigenvalue weighted by Gasteiger charge is 2.59. The number of nitrogens with zero attached hydrogens (tertiary/aromatic N) is 3. The molecule has 5 aliphatic rings. The third kappa shape index (κ3) is 9.48. The zero-order valence-corrected chi connectivity index (χ0v) is 36.7. The summed E-state index contributed by atoms with van der Waals surface area (Å²) in [5, 5.41) is 12.6. The van der Waals surface area contributed by atoms with Crippen molar-refractivity contribution in [3.05, 3.63) is 107 Å². The van der Waals surface area contributed by atoms with E-state index in [4.69, 9.17) is 18.9 Å². The van der Waals surface area contributed by atoms with Crippen molar-refractivity contribution in [2.45, 2.75) is 31.8 Å². The first-order chi connectivity index (χ1) is 32.7. The molecule has 0 radical (unpaired) electrons. The molecule has 18 nitrogen and oxygen atoms in total. The zero-order chi connectivity index (χ0) is 46.4. The van der Waals surface area contributed by atoms with Crippen molar-refractivity contribution in [1.29, 1.82) is 0 Å². The highest BCUT2D eigenvalue weighted by Crippen LogP contribution is 2.53. The van der Waals surface area contributed by atoms with Crippen molar-refractivity contribution >= 4 is 69.3 Å². The Kier molecular flexibility index (Phi) is 13.9. The van der Waals surface area contributed by atoms with E-state index in [1.807, 2.05) is 18.2 Å². The van der Waals surface area contributed by atoms with Gasteiger partial charge < -0.3 is 34.9 Å². The fourth-order valence-electron chi connectivity index (χ4n) is 9.65. The van der Waals surface area contributed by atoms with Crippen LogP contribution in [0.15, 0.2) is 85.1 Å². The van der Waals surface area contributed by atoms with Crippen LogP contribution in [0.2, 0.25) is 0 Å². The normalized spacial score (nSPS) is 21.7. The van der Waals surface area contributed by atoms with Crippen molar-refractivity contribution < 1.29 is 52.5 Å². The van der Waals surface area contributed by atoms with Gasteiger partial charge in [-0.2, -0.15) is 0 Å². The van der Waals surface area contributed by atoms with Gasteiger partial charge in [0.2, 0.25) is 23.6 Å². The fourth-order valence-corrected chi connectivity index (χ4v) is 9.65. The predicted molar refractivity (Wildman–Crippen MR) is 243 cm³/mol. The first-order valence-corrected chi connectivity index (χ1v) is 22.6. The molecular weight excluding hydrogens is 863 g/mol. The van der Waals surface area contributed by atoms with E-state index in [2.05, 4.69) is 38.4 Å². The first kappa shape index (κ1) is 45.5. The van der Waals surface area contributed by atoms with Crippen molar-refractivity contribution in [3.8, 4) is 0 Å². The molecule has 67 heavy (non-hydrogen) atoms. The highest BCUT2D eigenvalue weighted by atomic mass is 16.6. The molecule has 1 saturated carbocycles. The number of hydrogen-bond donors (Lipinski definition) is 4. The monoisotopic (exact) mass is 913 g/mol. The molecule has 348 valence electrons. The van der Waals surface area contributed by atoms with Gasteiger partial charge in [-0.15, -0.1) is 0 Å². The van der Waals surface area contributed by atoms with E-state index in [1.54, 1.807) is 54.7 Å². The summed E-state index contributed by atoms with van der Waals surface area (Å²) in [4.78, 5) is 96.8. The van der Waals surface area contributed by atoms with Crippen LogP contribution in [0.5, 0.6) is 0 Å². The largest absolute Gasteiger partial charge is 0.382 e. The number of piperidine rings is 1. The number of allylic oxidation sites excluding steroid dienone is 2. The van der Waals surface area contributed by atoms with Gasteiger partial charge in [-0.05, 0) is 78.8 Å². The number of carbonyl (C=O) groups excluding carboxylic acids is 7. The number of anilines is 3. The molecule has 4 heterocycles. The number of nitrogens with one attached hydrogen (secondary N) is 4. The van der Waals surface area contributed by atoms with Gasteiger partial charge in [0.05, 0.1) is 92.7 Å². The summed E-state index contributed by atoms with van der Waals surface area (Å²) in [7, 11) is 0. The Hall–Kier alpha value is -6.70. The summed E-state index contributed by atoms with van der Waals surface area (Å²) in [5.74, 6) is -3.15. The van der Waals surface area contributed by atoms with Gasteiger partial charge in [0.1, 0.15) is 6.04 Å². The molecule has 0 spiro atoms. The van der Waals surface area contributed by atoms with E-state index in [0.717, 1.165) is 22.3 Å². The summed E-state index contributed by atoms with van der Waals surface area (Å²) in [6, 6.07) is 18.0. The van der Waals surface area contributed by atoms with Gasteiger partial charge in [0.15, 0.2) is 0 Å². The number of benzene rings is 3. The first-order valence-electron chi connectivity index (χ1n) is 22.6. The van der Waals surface area contributed by atoms with E-state index in [9.17, 15) is 33.6 Å². The molecule has 2 saturated heterocycles. The lowest BCUT2D eigenvalue weighted by Crippen LogP contribution is -2.54. The van der Waals surface area contributed by atoms with Crippen LogP contribution in [0.1, 0.15) is 55.9 Å². The number of rotatable bonds is 22. The Bertz CT molecular complexity index is 2590. The minimum Gasteiger partial charge on any atom is -0.382 e. The number of carbonyl (C=O) groups is 7. The van der Waals surface area contributed by atoms with E-state index in [-0.39, 0.29) is 65.4 Å². The Balaban J connectivity index is 0.614. The number of aromatic nitrogens is 1. The van der Waals surface area contributed by atoms with Crippen molar-refractivity contribution in [3.63, 3.8) is 0 Å². The van der Waals surface area contributed by atoms with Crippen LogP contribution >= 0.6 is 0 Å². The van der Waals surface area contributed by atoms with Crippen LogP contribution in [0, 0.1) is 23.7 Å². The van der Waals surface area contributed by atoms with E-state index in [1.165, 1.54) is 4.90 Å². The number of para-hydroxylation sites is 1. The van der Waals surface area contributed by atoms with Gasteiger partial charge in [-0.3, -0.25) is 53.7 Å². The number of ether oxygens (including phenoxy) is 4. The van der Waals surface area contributed by atoms with Crippen molar-refractivity contribution in [1.82, 2.24) is 20.5 Å². The van der Waals surface area contributed by atoms with Crippen LogP contribution < -0.4 is 26.2 Å². The quantitative estimate of drug-likeness (QED) is 0.0504.